The number of hydrogen-bond acceptors (Lipinski definition) is 7. The van der Waals surface area contributed by atoms with Gasteiger partial charge in [-0.2, -0.15) is 0 Å². The number of esters is 1. The molecule has 0 spiro atoms. The summed E-state index contributed by atoms with van der Waals surface area (Å²) in [5.74, 6) is -1.62. The second-order valence-corrected chi connectivity index (χ2v) is 8.40. The second-order valence-electron chi connectivity index (χ2n) is 8.14. The van der Waals surface area contributed by atoms with Crippen molar-refractivity contribution in [2.24, 2.45) is 0 Å². The van der Waals surface area contributed by atoms with E-state index in [0.29, 0.717) is 11.4 Å². The molecule has 5 atom stereocenters. The quantitative estimate of drug-likeness (QED) is 0.556. The number of halogens is 1. The molecule has 0 bridgehead atoms. The van der Waals surface area contributed by atoms with E-state index in [4.69, 9.17) is 40.0 Å². The van der Waals surface area contributed by atoms with Crippen molar-refractivity contribution in [1.82, 2.24) is 0 Å². The largest absolute Gasteiger partial charge is 0.459 e. The third-order valence-electron chi connectivity index (χ3n) is 4.97. The van der Waals surface area contributed by atoms with Crippen molar-refractivity contribution in [3.05, 3.63) is 35.4 Å². The van der Waals surface area contributed by atoms with Crippen LogP contribution in [-0.4, -0.2) is 54.9 Å². The number of carbonyl (C=O) groups is 1. The van der Waals surface area contributed by atoms with Gasteiger partial charge in [-0.3, -0.25) is 0 Å². The molecule has 3 heterocycles. The highest BCUT2D eigenvalue weighted by Gasteiger charge is 2.60. The third kappa shape index (κ3) is 3.92. The van der Waals surface area contributed by atoms with Crippen molar-refractivity contribution in [3.8, 4) is 0 Å². The van der Waals surface area contributed by atoms with Gasteiger partial charge >= 0.3 is 5.97 Å². The smallest absolute Gasteiger partial charge is 0.338 e. The van der Waals surface area contributed by atoms with E-state index in [1.54, 1.807) is 24.3 Å². The molecule has 3 aliphatic heterocycles. The molecular weight excluding hydrogens is 388 g/mol. The summed E-state index contributed by atoms with van der Waals surface area (Å²) in [6, 6.07) is 6.97. The van der Waals surface area contributed by atoms with E-state index in [0.717, 1.165) is 5.56 Å². The molecule has 3 fully saturated rings. The summed E-state index contributed by atoms with van der Waals surface area (Å²) in [5, 5.41) is 0. The van der Waals surface area contributed by atoms with Crippen LogP contribution in [0, 0.1) is 0 Å². The fraction of sp³-hybridized carbons (Fsp3) is 0.650. The van der Waals surface area contributed by atoms with E-state index in [2.05, 4.69) is 0 Å². The molecule has 1 aromatic rings. The zero-order valence-corrected chi connectivity index (χ0v) is 17.1. The lowest BCUT2D eigenvalue weighted by Crippen LogP contribution is -2.56. The van der Waals surface area contributed by atoms with Crippen LogP contribution in [-0.2, 0) is 34.3 Å². The highest BCUT2D eigenvalue weighted by atomic mass is 35.5. The second kappa shape index (κ2) is 7.23. The summed E-state index contributed by atoms with van der Waals surface area (Å²) in [5.41, 5.74) is 1.38. The van der Waals surface area contributed by atoms with Crippen molar-refractivity contribution < 1.29 is 33.2 Å². The van der Waals surface area contributed by atoms with Crippen molar-refractivity contribution in [2.45, 2.75) is 75.9 Å². The molecule has 0 radical (unpaired) electrons. The molecule has 154 valence electrons. The van der Waals surface area contributed by atoms with Crippen molar-refractivity contribution >= 4 is 17.6 Å². The first-order valence-electron chi connectivity index (χ1n) is 9.36. The lowest BCUT2D eigenvalue weighted by atomic mass is 9.99. The molecule has 3 aliphatic rings. The Balaban J connectivity index is 1.45. The van der Waals surface area contributed by atoms with Gasteiger partial charge in [-0.15, -0.1) is 11.6 Å². The Hall–Kier alpha value is -1.22. The van der Waals surface area contributed by atoms with Crippen LogP contribution >= 0.6 is 11.6 Å². The van der Waals surface area contributed by atoms with E-state index >= 15 is 0 Å². The van der Waals surface area contributed by atoms with Gasteiger partial charge in [-0.25, -0.2) is 4.79 Å². The summed E-state index contributed by atoms with van der Waals surface area (Å²) in [4.78, 5) is 12.4. The van der Waals surface area contributed by atoms with Crippen molar-refractivity contribution in [1.29, 1.82) is 0 Å². The van der Waals surface area contributed by atoms with Crippen LogP contribution < -0.4 is 0 Å². The average Bonchev–Trinajstić information content (AvgIpc) is 3.13. The van der Waals surface area contributed by atoms with Crippen LogP contribution in [0.2, 0.25) is 0 Å². The topological polar surface area (TPSA) is 72.5 Å². The van der Waals surface area contributed by atoms with Crippen molar-refractivity contribution in [3.63, 3.8) is 0 Å². The molecule has 7 nitrogen and oxygen atoms in total. The highest BCUT2D eigenvalue weighted by molar-refractivity contribution is 6.17. The fourth-order valence-electron chi connectivity index (χ4n) is 3.80. The normalized spacial score (nSPS) is 35.2. The molecule has 0 unspecified atom stereocenters. The molecule has 28 heavy (non-hydrogen) atoms. The molecular formula is C20H25ClO7. The van der Waals surface area contributed by atoms with Crippen molar-refractivity contribution in [2.75, 3.05) is 6.61 Å². The maximum atomic E-state index is 12.4. The number of carbonyl (C=O) groups excluding carboxylic acids is 1. The van der Waals surface area contributed by atoms with Gasteiger partial charge in [-0.05, 0) is 45.4 Å². The van der Waals surface area contributed by atoms with Gasteiger partial charge in [0.05, 0.1) is 5.56 Å². The van der Waals surface area contributed by atoms with Crippen LogP contribution in [0.15, 0.2) is 24.3 Å². The predicted octanol–water partition coefficient (Wildman–Crippen LogP) is 2.98. The van der Waals surface area contributed by atoms with E-state index in [1.165, 1.54) is 0 Å². The Morgan fingerprint density at radius 3 is 2.25 bits per heavy atom. The standard InChI is InChI=1S/C20H25ClO7/c1-19(2)25-14-13(10-23-17(22)12-7-5-11(9-21)6-8-12)24-18-16(15(14)26-19)27-20(3,4)28-18/h5-8,13-16,18H,9-10H2,1-4H3/t13-,14-,15-,16+,18+/m0/s1. The summed E-state index contributed by atoms with van der Waals surface area (Å²) < 4.78 is 35.4. The molecule has 0 N–H and O–H groups in total. The molecule has 3 saturated heterocycles. The predicted molar refractivity (Wildman–Crippen MR) is 98.8 cm³/mol. The highest BCUT2D eigenvalue weighted by Crippen LogP contribution is 2.44. The zero-order chi connectivity index (χ0) is 20.1. The SMILES string of the molecule is CC1(C)O[C@H]2[C@@H](O1)[C@H](COC(=O)c1ccc(CCl)cc1)O[C@@H]1OC(C)(C)O[C@@H]12. The summed E-state index contributed by atoms with van der Waals surface area (Å²) in [6.07, 6.45) is -2.35. The number of benzene rings is 1. The van der Waals surface area contributed by atoms with E-state index in [1.807, 2.05) is 27.7 Å². The zero-order valence-electron chi connectivity index (χ0n) is 16.3. The number of fused-ring (bicyclic) bond motifs is 3. The Kier molecular flexibility index (Phi) is 5.18. The van der Waals surface area contributed by atoms with Gasteiger partial charge < -0.3 is 28.4 Å². The molecule has 0 aromatic heterocycles. The van der Waals surface area contributed by atoms with Gasteiger partial charge in [0, 0.05) is 5.88 Å². The first-order chi connectivity index (χ1) is 13.2. The average molecular weight is 413 g/mol. The minimum Gasteiger partial charge on any atom is -0.459 e. The molecule has 1 aromatic carbocycles. The van der Waals surface area contributed by atoms with Gasteiger partial charge in [-0.1, -0.05) is 12.1 Å². The van der Waals surface area contributed by atoms with Crippen LogP contribution in [0.5, 0.6) is 0 Å². The van der Waals surface area contributed by atoms with E-state index in [-0.39, 0.29) is 12.7 Å². The van der Waals surface area contributed by atoms with Crippen LogP contribution in [0.1, 0.15) is 43.6 Å². The first kappa shape index (κ1) is 20.1. The minimum absolute atomic E-state index is 0.0176. The number of alkyl halides is 1. The van der Waals surface area contributed by atoms with Crippen LogP contribution in [0.4, 0.5) is 0 Å². The number of rotatable bonds is 4. The Bertz CT molecular complexity index is 733. The number of hydrogen-bond donors (Lipinski definition) is 0. The maximum Gasteiger partial charge on any atom is 0.338 e. The van der Waals surface area contributed by atoms with Gasteiger partial charge in [0.1, 0.15) is 31.0 Å². The molecule has 8 heteroatoms. The Morgan fingerprint density at radius 2 is 1.57 bits per heavy atom. The van der Waals surface area contributed by atoms with Gasteiger partial charge in [0.25, 0.3) is 0 Å². The van der Waals surface area contributed by atoms with E-state index in [9.17, 15) is 4.79 Å². The fourth-order valence-corrected chi connectivity index (χ4v) is 3.98. The lowest BCUT2D eigenvalue weighted by Gasteiger charge is -2.36. The molecule has 4 rings (SSSR count). The van der Waals surface area contributed by atoms with Gasteiger partial charge in [0.15, 0.2) is 17.9 Å². The Labute approximate surface area is 169 Å². The lowest BCUT2D eigenvalue weighted by molar-refractivity contribution is -0.240. The van der Waals surface area contributed by atoms with Crippen LogP contribution in [0.25, 0.3) is 0 Å². The first-order valence-corrected chi connectivity index (χ1v) is 9.90. The van der Waals surface area contributed by atoms with Gasteiger partial charge in [0.2, 0.25) is 0 Å². The molecule has 0 aliphatic carbocycles. The minimum atomic E-state index is -0.788. The Morgan fingerprint density at radius 1 is 0.964 bits per heavy atom. The number of ether oxygens (including phenoxy) is 6. The summed E-state index contributed by atoms with van der Waals surface area (Å²) in [6.45, 7) is 7.34. The van der Waals surface area contributed by atoms with Crippen LogP contribution in [0.3, 0.4) is 0 Å². The summed E-state index contributed by atoms with van der Waals surface area (Å²) >= 11 is 5.78. The third-order valence-corrected chi connectivity index (χ3v) is 5.28. The molecule has 0 amide bonds. The van der Waals surface area contributed by atoms with E-state index < -0.39 is 42.1 Å². The summed E-state index contributed by atoms with van der Waals surface area (Å²) in [7, 11) is 0. The maximum absolute atomic E-state index is 12.4. The molecule has 0 saturated carbocycles. The monoisotopic (exact) mass is 412 g/mol.